The molecule has 3 heteroatoms. The molecule has 0 aliphatic heterocycles. The number of aryl methyl sites for hydroxylation is 1. The van der Waals surface area contributed by atoms with E-state index in [0.717, 1.165) is 0 Å². The Labute approximate surface area is 89.7 Å². The fourth-order valence-corrected chi connectivity index (χ4v) is 1.51. The Hall–Kier alpha value is -0.930. The van der Waals surface area contributed by atoms with E-state index in [4.69, 9.17) is 4.74 Å². The predicted octanol–water partition coefficient (Wildman–Crippen LogP) is 2.38. The van der Waals surface area contributed by atoms with Crippen molar-refractivity contribution in [2.24, 2.45) is 0 Å². The van der Waals surface area contributed by atoms with Gasteiger partial charge in [-0.15, -0.1) is 0 Å². The maximum absolute atomic E-state index is 13.3. The van der Waals surface area contributed by atoms with Gasteiger partial charge in [0.1, 0.15) is 11.4 Å². The second-order valence-corrected chi connectivity index (χ2v) is 3.78. The zero-order valence-corrected chi connectivity index (χ0v) is 9.38. The lowest BCUT2D eigenvalue weighted by Crippen LogP contribution is -2.30. The summed E-state index contributed by atoms with van der Waals surface area (Å²) in [4.78, 5) is 0. The minimum atomic E-state index is -1.09. The molecule has 15 heavy (non-hydrogen) atoms. The van der Waals surface area contributed by atoms with Crippen molar-refractivity contribution < 1.29 is 14.2 Å². The predicted molar refractivity (Wildman–Crippen MR) is 57.2 cm³/mol. The van der Waals surface area contributed by atoms with Gasteiger partial charge in [0, 0.05) is 7.11 Å². The Morgan fingerprint density at radius 3 is 2.60 bits per heavy atom. The number of aliphatic hydroxyl groups is 1. The van der Waals surface area contributed by atoms with Gasteiger partial charge in [0.05, 0.1) is 6.61 Å². The molecule has 1 aromatic rings. The summed E-state index contributed by atoms with van der Waals surface area (Å²) in [6, 6.07) is 4.78. The number of benzene rings is 1. The fourth-order valence-electron chi connectivity index (χ4n) is 1.51. The molecule has 0 radical (unpaired) electrons. The van der Waals surface area contributed by atoms with E-state index in [1.165, 1.54) is 13.2 Å². The summed E-state index contributed by atoms with van der Waals surface area (Å²) < 4.78 is 18.3. The van der Waals surface area contributed by atoms with Crippen LogP contribution in [-0.2, 0) is 10.3 Å². The molecule has 0 heterocycles. The number of hydrogen-bond acceptors (Lipinski definition) is 2. The normalized spacial score (nSPS) is 15.0. The summed E-state index contributed by atoms with van der Waals surface area (Å²) in [7, 11) is 1.52. The van der Waals surface area contributed by atoms with Gasteiger partial charge in [-0.2, -0.15) is 0 Å². The van der Waals surface area contributed by atoms with E-state index >= 15 is 0 Å². The Morgan fingerprint density at radius 2 is 2.13 bits per heavy atom. The molecular weight excluding hydrogens is 195 g/mol. The molecule has 0 aromatic heterocycles. The van der Waals surface area contributed by atoms with Crippen molar-refractivity contribution in [2.45, 2.75) is 25.9 Å². The smallest absolute Gasteiger partial charge is 0.126 e. The summed E-state index contributed by atoms with van der Waals surface area (Å²) in [5, 5.41) is 10.2. The molecule has 0 saturated carbocycles. The molecule has 0 aliphatic carbocycles. The van der Waals surface area contributed by atoms with E-state index in [2.05, 4.69) is 0 Å². The molecule has 0 bridgehead atoms. The van der Waals surface area contributed by atoms with Gasteiger partial charge < -0.3 is 9.84 Å². The van der Waals surface area contributed by atoms with E-state index in [1.807, 2.05) is 6.92 Å². The lowest BCUT2D eigenvalue weighted by molar-refractivity contribution is -0.0388. The second-order valence-electron chi connectivity index (χ2n) is 3.78. The zero-order chi connectivity index (χ0) is 11.5. The average molecular weight is 212 g/mol. The molecule has 1 N–H and O–H groups in total. The van der Waals surface area contributed by atoms with Crippen molar-refractivity contribution in [3.63, 3.8) is 0 Å². The van der Waals surface area contributed by atoms with Gasteiger partial charge in [-0.05, 0) is 30.5 Å². The van der Waals surface area contributed by atoms with Gasteiger partial charge in [-0.25, -0.2) is 4.39 Å². The van der Waals surface area contributed by atoms with Crippen LogP contribution in [0.25, 0.3) is 0 Å². The first-order valence-electron chi connectivity index (χ1n) is 5.01. The van der Waals surface area contributed by atoms with Crippen LogP contribution in [0.4, 0.5) is 4.39 Å². The minimum absolute atomic E-state index is 0.173. The monoisotopic (exact) mass is 212 g/mol. The summed E-state index contributed by atoms with van der Waals surface area (Å²) in [6.07, 6.45) is 0.489. The van der Waals surface area contributed by atoms with E-state index in [1.54, 1.807) is 19.1 Å². The van der Waals surface area contributed by atoms with Gasteiger partial charge in [0.15, 0.2) is 0 Å². The topological polar surface area (TPSA) is 29.5 Å². The van der Waals surface area contributed by atoms with Gasteiger partial charge >= 0.3 is 0 Å². The summed E-state index contributed by atoms with van der Waals surface area (Å²) >= 11 is 0. The second kappa shape index (κ2) is 4.73. The molecule has 1 rings (SSSR count). The first kappa shape index (κ1) is 12.1. The highest BCUT2D eigenvalue weighted by atomic mass is 19.1. The maximum Gasteiger partial charge on any atom is 0.126 e. The van der Waals surface area contributed by atoms with Crippen LogP contribution >= 0.6 is 0 Å². The van der Waals surface area contributed by atoms with Crippen LogP contribution in [0.2, 0.25) is 0 Å². The lowest BCUT2D eigenvalue weighted by Gasteiger charge is -2.26. The largest absolute Gasteiger partial charge is 0.383 e. The van der Waals surface area contributed by atoms with Crippen LogP contribution in [0.15, 0.2) is 18.2 Å². The molecule has 0 amide bonds. The summed E-state index contributed by atoms with van der Waals surface area (Å²) in [5.74, 6) is -0.296. The van der Waals surface area contributed by atoms with Gasteiger partial charge in [0.25, 0.3) is 0 Å². The molecule has 0 spiro atoms. The molecule has 0 saturated heterocycles. The van der Waals surface area contributed by atoms with Crippen molar-refractivity contribution >= 4 is 0 Å². The molecule has 0 aliphatic rings. The van der Waals surface area contributed by atoms with Gasteiger partial charge in [-0.3, -0.25) is 0 Å². The molecule has 0 fully saturated rings. The third-order valence-corrected chi connectivity index (χ3v) is 2.68. The first-order valence-corrected chi connectivity index (χ1v) is 5.01. The standard InChI is InChI=1S/C12H17FO2/c1-4-12(14,8-15-3)10-6-5-9(2)11(13)7-10/h5-7,14H,4,8H2,1-3H3. The average Bonchev–Trinajstić information content (AvgIpc) is 2.22. The van der Waals surface area contributed by atoms with Crippen molar-refractivity contribution in [1.82, 2.24) is 0 Å². The Balaban J connectivity index is 3.07. The van der Waals surface area contributed by atoms with Crippen LogP contribution in [0, 0.1) is 12.7 Å². The van der Waals surface area contributed by atoms with Crippen LogP contribution in [0.3, 0.4) is 0 Å². The van der Waals surface area contributed by atoms with Crippen LogP contribution in [-0.4, -0.2) is 18.8 Å². The third kappa shape index (κ3) is 2.55. The fraction of sp³-hybridized carbons (Fsp3) is 0.500. The van der Waals surface area contributed by atoms with Gasteiger partial charge in [0.2, 0.25) is 0 Å². The number of ether oxygens (including phenoxy) is 1. The number of hydrogen-bond donors (Lipinski definition) is 1. The van der Waals surface area contributed by atoms with Crippen LogP contribution in [0.5, 0.6) is 0 Å². The maximum atomic E-state index is 13.3. The number of halogens is 1. The van der Waals surface area contributed by atoms with Crippen LogP contribution < -0.4 is 0 Å². The minimum Gasteiger partial charge on any atom is -0.383 e. The Bertz CT molecular complexity index is 338. The molecule has 84 valence electrons. The van der Waals surface area contributed by atoms with E-state index in [0.29, 0.717) is 17.5 Å². The molecule has 1 unspecified atom stereocenters. The summed E-state index contributed by atoms with van der Waals surface area (Å²) in [6.45, 7) is 3.71. The van der Waals surface area contributed by atoms with E-state index < -0.39 is 5.60 Å². The third-order valence-electron chi connectivity index (χ3n) is 2.68. The van der Waals surface area contributed by atoms with Gasteiger partial charge in [-0.1, -0.05) is 19.1 Å². The highest BCUT2D eigenvalue weighted by Crippen LogP contribution is 2.26. The highest BCUT2D eigenvalue weighted by Gasteiger charge is 2.27. The summed E-state index contributed by atoms with van der Waals surface area (Å²) in [5.41, 5.74) is 0.0492. The molecule has 1 atom stereocenters. The molecule has 1 aromatic carbocycles. The lowest BCUT2D eigenvalue weighted by atomic mass is 9.91. The van der Waals surface area contributed by atoms with Crippen molar-refractivity contribution in [3.8, 4) is 0 Å². The van der Waals surface area contributed by atoms with Crippen molar-refractivity contribution in [2.75, 3.05) is 13.7 Å². The molecular formula is C12H17FO2. The van der Waals surface area contributed by atoms with Crippen LogP contribution in [0.1, 0.15) is 24.5 Å². The van der Waals surface area contributed by atoms with E-state index in [9.17, 15) is 9.50 Å². The quantitative estimate of drug-likeness (QED) is 0.830. The zero-order valence-electron chi connectivity index (χ0n) is 9.38. The number of methoxy groups -OCH3 is 1. The first-order chi connectivity index (χ1) is 7.03. The Morgan fingerprint density at radius 1 is 1.47 bits per heavy atom. The van der Waals surface area contributed by atoms with E-state index in [-0.39, 0.29) is 12.4 Å². The number of rotatable bonds is 4. The molecule has 2 nitrogen and oxygen atoms in total. The SMILES string of the molecule is CCC(O)(COC)c1ccc(C)c(F)c1. The highest BCUT2D eigenvalue weighted by molar-refractivity contribution is 5.28. The van der Waals surface area contributed by atoms with Crippen molar-refractivity contribution in [1.29, 1.82) is 0 Å². The Kier molecular flexibility index (Phi) is 3.83. The van der Waals surface area contributed by atoms with Crippen molar-refractivity contribution in [3.05, 3.63) is 35.1 Å².